The third-order valence-corrected chi connectivity index (χ3v) is 4.51. The van der Waals surface area contributed by atoms with E-state index in [-0.39, 0.29) is 12.3 Å². The van der Waals surface area contributed by atoms with Gasteiger partial charge >= 0.3 is 12.2 Å². The molecule has 2 saturated heterocycles. The van der Waals surface area contributed by atoms with Crippen LogP contribution >= 0.6 is 0 Å². The lowest BCUT2D eigenvalue weighted by atomic mass is 9.89. The van der Waals surface area contributed by atoms with E-state index in [9.17, 15) is 22.8 Å². The van der Waals surface area contributed by atoms with Crippen molar-refractivity contribution in [1.29, 1.82) is 0 Å². The fraction of sp³-hybridized carbons (Fsp3) is 0.500. The van der Waals surface area contributed by atoms with Crippen molar-refractivity contribution in [2.45, 2.75) is 31.5 Å². The fourth-order valence-corrected chi connectivity index (χ4v) is 3.38. The number of aromatic nitrogens is 4. The second-order valence-electron chi connectivity index (χ2n) is 6.42. The molecule has 2 fully saturated rings. The van der Waals surface area contributed by atoms with Gasteiger partial charge in [-0.2, -0.15) is 22.7 Å². The number of urea groups is 1. The highest BCUT2D eigenvalue weighted by molar-refractivity contribution is 6.07. The van der Waals surface area contributed by atoms with Crippen LogP contribution in [0.3, 0.4) is 0 Å². The van der Waals surface area contributed by atoms with Gasteiger partial charge in [0.05, 0.1) is 6.54 Å². The number of aryl methyl sites for hydroxylation is 1. The van der Waals surface area contributed by atoms with Gasteiger partial charge in [-0.1, -0.05) is 0 Å². The van der Waals surface area contributed by atoms with Crippen LogP contribution in [-0.2, 0) is 11.0 Å². The zero-order valence-electron chi connectivity index (χ0n) is 13.6. The first-order valence-electron chi connectivity index (χ1n) is 7.88. The van der Waals surface area contributed by atoms with Crippen molar-refractivity contribution in [3.8, 4) is 0 Å². The zero-order valence-corrected chi connectivity index (χ0v) is 13.6. The molecule has 138 valence electrons. The standard InChI is InChI=1S/C14H14F3N7O2/c1-7-5-8(24-11(18-7)19-9(22-24)14(15,16)17)23-4-2-3-13(6-23)10(25)20-12(26)21-13/h5H,2-4,6H2,1H3,(H2,20,21,25,26). The van der Waals surface area contributed by atoms with E-state index in [4.69, 9.17) is 0 Å². The highest BCUT2D eigenvalue weighted by atomic mass is 19.4. The van der Waals surface area contributed by atoms with Gasteiger partial charge in [0.25, 0.3) is 17.5 Å². The van der Waals surface area contributed by atoms with Crippen LogP contribution in [0.5, 0.6) is 0 Å². The predicted molar refractivity (Wildman–Crippen MR) is 81.4 cm³/mol. The summed E-state index contributed by atoms with van der Waals surface area (Å²) in [5.41, 5.74) is -0.639. The van der Waals surface area contributed by atoms with Crippen LogP contribution in [0.15, 0.2) is 6.07 Å². The maximum Gasteiger partial charge on any atom is 0.453 e. The number of imide groups is 1. The highest BCUT2D eigenvalue weighted by Crippen LogP contribution is 2.31. The van der Waals surface area contributed by atoms with Gasteiger partial charge in [-0.25, -0.2) is 9.78 Å². The van der Waals surface area contributed by atoms with Crippen LogP contribution in [0, 0.1) is 6.92 Å². The SMILES string of the molecule is Cc1cc(N2CCCC3(C2)NC(=O)NC3=O)n2nc(C(F)(F)F)nc2n1. The zero-order chi connectivity index (χ0) is 18.7. The maximum atomic E-state index is 13.0. The number of carbonyl (C=O) groups excluding carboxylic acids is 2. The molecule has 3 amide bonds. The summed E-state index contributed by atoms with van der Waals surface area (Å²) in [6.45, 7) is 2.24. The number of anilines is 1. The maximum absolute atomic E-state index is 13.0. The van der Waals surface area contributed by atoms with Crippen molar-refractivity contribution >= 4 is 23.5 Å². The number of piperidine rings is 1. The Balaban J connectivity index is 1.77. The summed E-state index contributed by atoms with van der Waals surface area (Å²) in [7, 11) is 0. The molecule has 1 atom stereocenters. The van der Waals surface area contributed by atoms with E-state index >= 15 is 0 Å². The van der Waals surface area contributed by atoms with Crippen molar-refractivity contribution in [3.05, 3.63) is 17.6 Å². The summed E-state index contributed by atoms with van der Waals surface area (Å²) in [6, 6.07) is 1.00. The Hall–Kier alpha value is -2.92. The first-order valence-corrected chi connectivity index (χ1v) is 7.88. The van der Waals surface area contributed by atoms with Crippen LogP contribution in [-0.4, -0.2) is 50.1 Å². The molecule has 2 N–H and O–H groups in total. The van der Waals surface area contributed by atoms with Crippen LogP contribution in [0.25, 0.3) is 5.78 Å². The molecule has 2 aromatic heterocycles. The number of halogens is 3. The molecule has 12 heteroatoms. The summed E-state index contributed by atoms with van der Waals surface area (Å²) in [5.74, 6) is -1.56. The number of carbonyl (C=O) groups is 2. The van der Waals surface area contributed by atoms with Crippen molar-refractivity contribution in [2.24, 2.45) is 0 Å². The van der Waals surface area contributed by atoms with E-state index in [1.54, 1.807) is 17.9 Å². The summed E-state index contributed by atoms with van der Waals surface area (Å²) in [6.07, 6.45) is -3.68. The number of nitrogens with one attached hydrogen (secondary N) is 2. The molecule has 0 aromatic carbocycles. The fourth-order valence-electron chi connectivity index (χ4n) is 3.38. The predicted octanol–water partition coefficient (Wildman–Crippen LogP) is 0.630. The molecule has 0 radical (unpaired) electrons. The Labute approximate surface area is 144 Å². The third-order valence-electron chi connectivity index (χ3n) is 4.51. The minimum atomic E-state index is -4.69. The molecule has 2 aliphatic heterocycles. The molecule has 26 heavy (non-hydrogen) atoms. The van der Waals surface area contributed by atoms with Gasteiger partial charge in [-0.3, -0.25) is 10.1 Å². The van der Waals surface area contributed by atoms with Gasteiger partial charge in [0.2, 0.25) is 0 Å². The molecular weight excluding hydrogens is 355 g/mol. The lowest BCUT2D eigenvalue weighted by Crippen LogP contribution is -2.59. The van der Waals surface area contributed by atoms with Gasteiger partial charge < -0.3 is 10.2 Å². The van der Waals surface area contributed by atoms with Crippen LogP contribution in [0.1, 0.15) is 24.4 Å². The smallest absolute Gasteiger partial charge is 0.353 e. The Bertz CT molecular complexity index is 925. The molecule has 1 spiro atoms. The van der Waals surface area contributed by atoms with Gasteiger partial charge in [0.15, 0.2) is 0 Å². The Morgan fingerprint density at radius 3 is 2.69 bits per heavy atom. The monoisotopic (exact) mass is 369 g/mol. The second kappa shape index (κ2) is 5.29. The van der Waals surface area contributed by atoms with Crippen LogP contribution < -0.4 is 15.5 Å². The quantitative estimate of drug-likeness (QED) is 0.715. The van der Waals surface area contributed by atoms with Crippen molar-refractivity contribution in [3.63, 3.8) is 0 Å². The first-order chi connectivity index (χ1) is 12.2. The molecule has 0 bridgehead atoms. The van der Waals surface area contributed by atoms with Crippen molar-refractivity contribution < 1.29 is 22.8 Å². The highest BCUT2D eigenvalue weighted by Gasteiger charge is 2.49. The van der Waals surface area contributed by atoms with E-state index in [0.29, 0.717) is 30.9 Å². The number of hydrogen-bond acceptors (Lipinski definition) is 6. The minimum Gasteiger partial charge on any atom is -0.353 e. The van der Waals surface area contributed by atoms with E-state index < -0.39 is 29.5 Å². The van der Waals surface area contributed by atoms with Crippen LogP contribution in [0.4, 0.5) is 23.8 Å². The van der Waals surface area contributed by atoms with Gasteiger partial charge in [0.1, 0.15) is 11.4 Å². The number of nitrogens with zero attached hydrogens (tertiary/aromatic N) is 5. The summed E-state index contributed by atoms with van der Waals surface area (Å²) in [5, 5.41) is 8.38. The number of hydrogen-bond donors (Lipinski definition) is 2. The van der Waals surface area contributed by atoms with Gasteiger partial charge in [-0.15, -0.1) is 5.10 Å². The molecule has 2 aromatic rings. The van der Waals surface area contributed by atoms with E-state index in [1.807, 2.05) is 0 Å². The van der Waals surface area contributed by atoms with Crippen molar-refractivity contribution in [2.75, 3.05) is 18.0 Å². The van der Waals surface area contributed by atoms with Gasteiger partial charge in [0, 0.05) is 18.3 Å². The van der Waals surface area contributed by atoms with E-state index in [2.05, 4.69) is 25.7 Å². The minimum absolute atomic E-state index is 0.115. The van der Waals surface area contributed by atoms with Gasteiger partial charge in [-0.05, 0) is 19.8 Å². The first kappa shape index (κ1) is 16.5. The summed E-state index contributed by atoms with van der Waals surface area (Å²) in [4.78, 5) is 32.9. The number of rotatable bonds is 1. The average Bonchev–Trinajstić information content (AvgIpc) is 3.08. The molecule has 1 unspecified atom stereocenters. The number of amides is 3. The molecule has 2 aliphatic rings. The normalized spacial score (nSPS) is 23.6. The Morgan fingerprint density at radius 2 is 2.04 bits per heavy atom. The topological polar surface area (TPSA) is 105 Å². The number of alkyl halides is 3. The molecule has 9 nitrogen and oxygen atoms in total. The molecule has 0 aliphatic carbocycles. The van der Waals surface area contributed by atoms with E-state index in [0.717, 1.165) is 4.52 Å². The second-order valence-corrected chi connectivity index (χ2v) is 6.42. The number of fused-ring (bicyclic) bond motifs is 1. The van der Waals surface area contributed by atoms with Crippen molar-refractivity contribution in [1.82, 2.24) is 30.2 Å². The average molecular weight is 369 g/mol. The Kier molecular flexibility index (Phi) is 3.36. The summed E-state index contributed by atoms with van der Waals surface area (Å²) >= 11 is 0. The third kappa shape index (κ3) is 2.52. The largest absolute Gasteiger partial charge is 0.453 e. The molecular formula is C14H14F3N7O2. The lowest BCUT2D eigenvalue weighted by molar-refractivity contribution is -0.144. The Morgan fingerprint density at radius 1 is 1.27 bits per heavy atom. The molecule has 4 heterocycles. The van der Waals surface area contributed by atoms with Crippen LogP contribution in [0.2, 0.25) is 0 Å². The molecule has 4 rings (SSSR count). The molecule has 0 saturated carbocycles. The summed E-state index contributed by atoms with van der Waals surface area (Å²) < 4.78 is 39.9. The van der Waals surface area contributed by atoms with E-state index in [1.165, 1.54) is 0 Å². The lowest BCUT2D eigenvalue weighted by Gasteiger charge is -2.39.